The molecule has 0 aliphatic carbocycles. The topological polar surface area (TPSA) is 100 Å². The fourth-order valence-electron chi connectivity index (χ4n) is 3.32. The van der Waals surface area contributed by atoms with Crippen LogP contribution >= 0.6 is 0 Å². The molecule has 0 radical (unpaired) electrons. The second kappa shape index (κ2) is 7.44. The number of fused-ring (bicyclic) bond motifs is 1. The summed E-state index contributed by atoms with van der Waals surface area (Å²) < 4.78 is 3.03. The monoisotopic (exact) mass is 384 g/mol. The average molecular weight is 384 g/mol. The van der Waals surface area contributed by atoms with Crippen molar-refractivity contribution in [1.29, 1.82) is 5.26 Å². The largest absolute Gasteiger partial charge is 0.481 e. The van der Waals surface area contributed by atoms with Crippen LogP contribution in [0.5, 0.6) is 0 Å². The van der Waals surface area contributed by atoms with E-state index in [2.05, 4.69) is 0 Å². The Balaban J connectivity index is 2.00. The van der Waals surface area contributed by atoms with Crippen LogP contribution < -0.4 is 5.56 Å². The average Bonchev–Trinajstić information content (AvgIpc) is 3.13. The summed E-state index contributed by atoms with van der Waals surface area (Å²) in [6.07, 6.45) is 3.22. The summed E-state index contributed by atoms with van der Waals surface area (Å²) >= 11 is 0. The normalized spacial score (nSPS) is 10.7. The number of carboxylic acid groups (broad SMARTS) is 1. The lowest BCUT2D eigenvalue weighted by atomic mass is 10.00. The van der Waals surface area contributed by atoms with E-state index in [1.807, 2.05) is 60.8 Å². The zero-order valence-corrected chi connectivity index (χ0v) is 15.3. The lowest BCUT2D eigenvalue weighted by molar-refractivity contribution is -0.137. The maximum absolute atomic E-state index is 12.5. The van der Waals surface area contributed by atoms with E-state index in [-0.39, 0.29) is 18.5 Å². The van der Waals surface area contributed by atoms with Gasteiger partial charge in [-0.05, 0) is 18.2 Å². The molecule has 0 fully saturated rings. The second-order valence-electron chi connectivity index (χ2n) is 6.52. The first-order valence-electron chi connectivity index (χ1n) is 8.98. The Kier molecular flexibility index (Phi) is 4.67. The molecule has 3 aromatic heterocycles. The van der Waals surface area contributed by atoms with Crippen molar-refractivity contribution in [1.82, 2.24) is 14.2 Å². The zero-order valence-electron chi connectivity index (χ0n) is 15.3. The van der Waals surface area contributed by atoms with E-state index >= 15 is 0 Å². The number of aromatic nitrogens is 3. The van der Waals surface area contributed by atoms with Gasteiger partial charge in [0.05, 0.1) is 11.9 Å². The van der Waals surface area contributed by atoms with Crippen molar-refractivity contribution in [2.45, 2.75) is 13.0 Å². The summed E-state index contributed by atoms with van der Waals surface area (Å²) in [5.74, 6) is -1.01. The summed E-state index contributed by atoms with van der Waals surface area (Å²) in [7, 11) is 0. The highest BCUT2D eigenvalue weighted by molar-refractivity contribution is 5.92. The van der Waals surface area contributed by atoms with Gasteiger partial charge in [0, 0.05) is 35.6 Å². The summed E-state index contributed by atoms with van der Waals surface area (Å²) in [5, 5.41) is 23.1. The lowest BCUT2D eigenvalue weighted by Crippen LogP contribution is -2.23. The van der Waals surface area contributed by atoms with Gasteiger partial charge in [-0.2, -0.15) is 10.4 Å². The fourth-order valence-corrected chi connectivity index (χ4v) is 3.32. The maximum Gasteiger partial charge on any atom is 0.305 e. The number of carbonyl (C=O) groups is 1. The van der Waals surface area contributed by atoms with Crippen LogP contribution in [-0.2, 0) is 11.3 Å². The molecular formula is C22H16N4O3. The van der Waals surface area contributed by atoms with Gasteiger partial charge in [0.1, 0.15) is 17.3 Å². The number of pyridine rings is 2. The number of aryl methyl sites for hydroxylation is 1. The third-order valence-electron chi connectivity index (χ3n) is 4.65. The molecule has 0 saturated heterocycles. The Morgan fingerprint density at radius 3 is 2.59 bits per heavy atom. The SMILES string of the molecule is N#Cc1cc(-c2c(-c3ccccc3)nn3ccccc23)cn(CCC(=O)O)c1=O. The predicted octanol–water partition coefficient (Wildman–Crippen LogP) is 3.18. The van der Waals surface area contributed by atoms with E-state index in [4.69, 9.17) is 10.2 Å². The standard InChI is InChI=1S/C22H16N4O3/c23-13-16-12-17(14-25(22(16)29)11-9-19(27)28)20-18-8-4-5-10-26(18)24-21(20)15-6-2-1-3-7-15/h1-8,10,12,14H,9,11H2,(H,27,28). The second-order valence-corrected chi connectivity index (χ2v) is 6.52. The molecule has 3 heterocycles. The fraction of sp³-hybridized carbons (Fsp3) is 0.0909. The molecule has 0 aliphatic rings. The summed E-state index contributed by atoms with van der Waals surface area (Å²) in [6.45, 7) is -0.0173. The molecule has 0 unspecified atom stereocenters. The number of carboxylic acids is 1. The van der Waals surface area contributed by atoms with Crippen molar-refractivity contribution in [3.05, 3.63) is 82.9 Å². The number of rotatable bonds is 5. The molecule has 142 valence electrons. The van der Waals surface area contributed by atoms with E-state index in [1.165, 1.54) is 10.6 Å². The Morgan fingerprint density at radius 1 is 1.10 bits per heavy atom. The molecule has 0 aliphatic heterocycles. The van der Waals surface area contributed by atoms with Gasteiger partial charge in [0.2, 0.25) is 0 Å². The van der Waals surface area contributed by atoms with E-state index in [9.17, 15) is 14.9 Å². The number of benzene rings is 1. The van der Waals surface area contributed by atoms with Gasteiger partial charge in [0.25, 0.3) is 5.56 Å². The summed E-state index contributed by atoms with van der Waals surface area (Å²) in [4.78, 5) is 23.5. The third-order valence-corrected chi connectivity index (χ3v) is 4.65. The first-order chi connectivity index (χ1) is 14.1. The minimum atomic E-state index is -1.01. The summed E-state index contributed by atoms with van der Waals surface area (Å²) in [6, 6.07) is 18.8. The van der Waals surface area contributed by atoms with E-state index in [0.717, 1.165) is 16.6 Å². The van der Waals surface area contributed by atoms with Crippen LogP contribution in [-0.4, -0.2) is 25.3 Å². The molecule has 0 amide bonds. The van der Waals surface area contributed by atoms with Gasteiger partial charge >= 0.3 is 5.97 Å². The van der Waals surface area contributed by atoms with Gasteiger partial charge in [-0.3, -0.25) is 9.59 Å². The Labute approximate surface area is 165 Å². The first-order valence-corrected chi connectivity index (χ1v) is 8.98. The molecule has 4 aromatic rings. The minimum absolute atomic E-state index is 0.0173. The Morgan fingerprint density at radius 2 is 1.86 bits per heavy atom. The molecular weight excluding hydrogens is 368 g/mol. The molecule has 0 spiro atoms. The first kappa shape index (κ1) is 18.2. The molecule has 29 heavy (non-hydrogen) atoms. The highest BCUT2D eigenvalue weighted by Gasteiger charge is 2.18. The van der Waals surface area contributed by atoms with E-state index in [0.29, 0.717) is 11.3 Å². The number of nitriles is 1. The van der Waals surface area contributed by atoms with Crippen LogP contribution in [0.1, 0.15) is 12.0 Å². The molecule has 1 N–H and O–H groups in total. The van der Waals surface area contributed by atoms with Crippen molar-refractivity contribution in [2.24, 2.45) is 0 Å². The number of aliphatic carboxylic acids is 1. The van der Waals surface area contributed by atoms with Crippen LogP contribution in [0.2, 0.25) is 0 Å². The lowest BCUT2D eigenvalue weighted by Gasteiger charge is -2.10. The van der Waals surface area contributed by atoms with Crippen LogP contribution in [0.15, 0.2) is 71.8 Å². The quantitative estimate of drug-likeness (QED) is 0.570. The van der Waals surface area contributed by atoms with Gasteiger partial charge in [-0.25, -0.2) is 4.52 Å². The van der Waals surface area contributed by atoms with E-state index in [1.54, 1.807) is 10.7 Å². The molecule has 7 nitrogen and oxygen atoms in total. The number of nitrogens with zero attached hydrogens (tertiary/aromatic N) is 4. The van der Waals surface area contributed by atoms with Crippen molar-refractivity contribution < 1.29 is 9.90 Å². The molecule has 1 aromatic carbocycles. The van der Waals surface area contributed by atoms with Gasteiger partial charge in [0.15, 0.2) is 0 Å². The van der Waals surface area contributed by atoms with Crippen molar-refractivity contribution >= 4 is 11.5 Å². The number of hydrogen-bond donors (Lipinski definition) is 1. The van der Waals surface area contributed by atoms with Crippen molar-refractivity contribution in [3.63, 3.8) is 0 Å². The van der Waals surface area contributed by atoms with E-state index < -0.39 is 11.5 Å². The molecule has 7 heteroatoms. The molecule has 0 bridgehead atoms. The predicted molar refractivity (Wildman–Crippen MR) is 107 cm³/mol. The van der Waals surface area contributed by atoms with Gasteiger partial charge < -0.3 is 9.67 Å². The zero-order chi connectivity index (χ0) is 20.4. The third kappa shape index (κ3) is 3.39. The maximum atomic E-state index is 12.5. The van der Waals surface area contributed by atoms with Gasteiger partial charge in [-0.1, -0.05) is 36.4 Å². The molecule has 0 saturated carbocycles. The van der Waals surface area contributed by atoms with Crippen molar-refractivity contribution in [2.75, 3.05) is 0 Å². The van der Waals surface area contributed by atoms with Crippen LogP contribution in [0.4, 0.5) is 0 Å². The van der Waals surface area contributed by atoms with Crippen molar-refractivity contribution in [3.8, 4) is 28.5 Å². The highest BCUT2D eigenvalue weighted by atomic mass is 16.4. The van der Waals surface area contributed by atoms with Crippen LogP contribution in [0, 0.1) is 11.3 Å². The Hall–Kier alpha value is -4.18. The highest BCUT2D eigenvalue weighted by Crippen LogP contribution is 2.34. The van der Waals surface area contributed by atoms with Gasteiger partial charge in [-0.15, -0.1) is 0 Å². The van der Waals surface area contributed by atoms with Crippen LogP contribution in [0.25, 0.3) is 27.9 Å². The summed E-state index contributed by atoms with van der Waals surface area (Å²) in [5.41, 5.74) is 3.29. The molecule has 4 rings (SSSR count). The number of hydrogen-bond acceptors (Lipinski definition) is 4. The smallest absolute Gasteiger partial charge is 0.305 e. The molecule has 0 atom stereocenters. The minimum Gasteiger partial charge on any atom is -0.481 e. The van der Waals surface area contributed by atoms with Crippen LogP contribution in [0.3, 0.4) is 0 Å². The Bertz CT molecular complexity index is 1310.